The number of fused-ring (bicyclic) bond motifs is 4. The van der Waals surface area contributed by atoms with Crippen LogP contribution in [0.2, 0.25) is 0 Å². The van der Waals surface area contributed by atoms with E-state index in [-0.39, 0.29) is 35.9 Å². The van der Waals surface area contributed by atoms with E-state index >= 15 is 0 Å². The van der Waals surface area contributed by atoms with E-state index in [9.17, 15) is 15.2 Å². The van der Waals surface area contributed by atoms with E-state index in [1.807, 2.05) is 30.3 Å². The van der Waals surface area contributed by atoms with Gasteiger partial charge in [-0.1, -0.05) is 18.2 Å². The Hall–Kier alpha value is -4.84. The number of para-hydroxylation sites is 1. The van der Waals surface area contributed by atoms with Gasteiger partial charge in [-0.05, 0) is 48.0 Å². The van der Waals surface area contributed by atoms with Gasteiger partial charge in [0.1, 0.15) is 12.6 Å². The van der Waals surface area contributed by atoms with Gasteiger partial charge in [0.25, 0.3) is 0 Å². The Morgan fingerprint density at radius 2 is 1.81 bits per heavy atom. The van der Waals surface area contributed by atoms with Crippen LogP contribution in [0.4, 0.5) is 10.5 Å². The largest absolute Gasteiger partial charge is 0.502 e. The predicted octanol–water partition coefficient (Wildman–Crippen LogP) is 4.84. The minimum atomic E-state index is -0.537. The van der Waals surface area contributed by atoms with Crippen LogP contribution in [-0.4, -0.2) is 48.0 Å². The van der Waals surface area contributed by atoms with Crippen molar-refractivity contribution in [2.45, 2.75) is 18.1 Å². The molecule has 2 aliphatic rings. The summed E-state index contributed by atoms with van der Waals surface area (Å²) in [7, 11) is 2.94. The van der Waals surface area contributed by atoms with Crippen LogP contribution in [0.5, 0.6) is 17.2 Å². The summed E-state index contributed by atoms with van der Waals surface area (Å²) in [6.07, 6.45) is -0.433. The van der Waals surface area contributed by atoms with Gasteiger partial charge in [0.15, 0.2) is 11.5 Å². The molecule has 6 rings (SSSR count). The van der Waals surface area contributed by atoms with E-state index < -0.39 is 12.1 Å². The number of aromatic amines is 1. The van der Waals surface area contributed by atoms with E-state index in [2.05, 4.69) is 22.4 Å². The van der Waals surface area contributed by atoms with Crippen LogP contribution in [0.25, 0.3) is 10.9 Å². The SMILES string of the molecule is COc1cc(C2c3[nH]c4ccccc4c3[C@@H](Nc3ccc(C#N)cc3)[C@H]3COC(=O)N23)cc(OC)c1O. The Bertz CT molecular complexity index is 1530. The lowest BCUT2D eigenvalue weighted by molar-refractivity contribution is 0.145. The minimum absolute atomic E-state index is 0.109. The topological polar surface area (TPSA) is 120 Å². The molecule has 0 radical (unpaired) electrons. The quantitative estimate of drug-likeness (QED) is 0.362. The van der Waals surface area contributed by atoms with Crippen molar-refractivity contribution in [2.75, 3.05) is 26.1 Å². The third-order valence-corrected chi connectivity index (χ3v) is 7.12. The van der Waals surface area contributed by atoms with E-state index in [1.54, 1.807) is 29.2 Å². The fourth-order valence-corrected chi connectivity index (χ4v) is 5.46. The number of phenols is 1. The summed E-state index contributed by atoms with van der Waals surface area (Å²) in [5, 5.41) is 24.3. The summed E-state index contributed by atoms with van der Waals surface area (Å²) in [4.78, 5) is 18.5. The molecule has 3 heterocycles. The maximum Gasteiger partial charge on any atom is 0.411 e. The third-order valence-electron chi connectivity index (χ3n) is 7.12. The second-order valence-corrected chi connectivity index (χ2v) is 9.04. The van der Waals surface area contributed by atoms with Crippen molar-refractivity contribution < 1.29 is 24.1 Å². The van der Waals surface area contributed by atoms with Gasteiger partial charge in [0, 0.05) is 27.8 Å². The van der Waals surface area contributed by atoms with Gasteiger partial charge in [0.05, 0.1) is 37.9 Å². The van der Waals surface area contributed by atoms with Crippen LogP contribution >= 0.6 is 0 Å². The number of nitrogens with one attached hydrogen (secondary N) is 2. The first-order valence-electron chi connectivity index (χ1n) is 11.8. The molecule has 186 valence electrons. The molecule has 1 amide bonds. The average molecular weight is 497 g/mol. The van der Waals surface area contributed by atoms with Crippen molar-refractivity contribution in [1.29, 1.82) is 5.26 Å². The summed E-state index contributed by atoms with van der Waals surface area (Å²) in [5.41, 5.74) is 4.90. The second-order valence-electron chi connectivity index (χ2n) is 9.04. The molecule has 1 unspecified atom stereocenters. The lowest BCUT2D eigenvalue weighted by atomic mass is 9.85. The monoisotopic (exact) mass is 496 g/mol. The van der Waals surface area contributed by atoms with E-state index in [0.717, 1.165) is 27.8 Å². The zero-order valence-corrected chi connectivity index (χ0v) is 20.2. The molecule has 3 N–H and O–H groups in total. The molecular formula is C28H24N4O5. The summed E-state index contributed by atoms with van der Waals surface area (Å²) in [5.74, 6) is 0.380. The van der Waals surface area contributed by atoms with Gasteiger partial charge in [-0.15, -0.1) is 0 Å². The number of carbonyl (C=O) groups is 1. The summed E-state index contributed by atoms with van der Waals surface area (Å²) < 4.78 is 16.4. The normalized spacial score (nSPS) is 20.1. The van der Waals surface area contributed by atoms with Crippen LogP contribution in [0.15, 0.2) is 60.7 Å². The first kappa shape index (κ1) is 22.6. The fraction of sp³-hybridized carbons (Fsp3) is 0.214. The number of nitriles is 1. The molecule has 37 heavy (non-hydrogen) atoms. The number of nitrogens with zero attached hydrogens (tertiary/aromatic N) is 2. The Balaban J connectivity index is 1.56. The number of ether oxygens (including phenoxy) is 3. The standard InChI is InChI=1S/C28H24N4O5/c1-35-21-11-16(12-22(36-2)27(21)33)26-25-23(18-5-3-4-6-19(18)31-25)24(20-14-37-28(34)32(20)26)30-17-9-7-15(13-29)8-10-17/h3-12,20,24,26,30-31,33H,14H2,1-2H3/t20-,24+,26?/m1/s1. The number of hydrogen-bond donors (Lipinski definition) is 3. The first-order valence-corrected chi connectivity index (χ1v) is 11.8. The fourth-order valence-electron chi connectivity index (χ4n) is 5.46. The number of phenolic OH excluding ortho intramolecular Hbond substituents is 1. The molecule has 9 heteroatoms. The molecule has 3 atom stereocenters. The van der Waals surface area contributed by atoms with Gasteiger partial charge in [0.2, 0.25) is 5.75 Å². The smallest absolute Gasteiger partial charge is 0.411 e. The highest BCUT2D eigenvalue weighted by Gasteiger charge is 2.51. The zero-order valence-electron chi connectivity index (χ0n) is 20.2. The third kappa shape index (κ3) is 3.49. The van der Waals surface area contributed by atoms with Crippen molar-refractivity contribution in [3.63, 3.8) is 0 Å². The van der Waals surface area contributed by atoms with Gasteiger partial charge < -0.3 is 29.6 Å². The number of methoxy groups -OCH3 is 2. The number of benzene rings is 3. The molecule has 3 aromatic carbocycles. The Kier molecular flexibility index (Phi) is 5.30. The number of carbonyl (C=O) groups excluding carboxylic acids is 1. The van der Waals surface area contributed by atoms with Gasteiger partial charge in [-0.3, -0.25) is 4.90 Å². The number of amides is 1. The van der Waals surface area contributed by atoms with Crippen LogP contribution in [0.3, 0.4) is 0 Å². The molecule has 0 aliphatic carbocycles. The van der Waals surface area contributed by atoms with Crippen molar-refractivity contribution in [3.05, 3.63) is 83.0 Å². The van der Waals surface area contributed by atoms with Crippen molar-refractivity contribution in [3.8, 4) is 23.3 Å². The summed E-state index contributed by atoms with van der Waals surface area (Å²) in [6.45, 7) is 0.203. The number of cyclic esters (lactones) is 1. The van der Waals surface area contributed by atoms with Gasteiger partial charge >= 0.3 is 6.09 Å². The molecule has 0 bridgehead atoms. The van der Waals surface area contributed by atoms with Crippen LogP contribution in [-0.2, 0) is 4.74 Å². The van der Waals surface area contributed by atoms with Gasteiger partial charge in [-0.25, -0.2) is 4.79 Å². The maximum absolute atomic E-state index is 13.2. The van der Waals surface area contributed by atoms with Crippen molar-refractivity contribution >= 4 is 22.7 Å². The Labute approximate surface area is 212 Å². The number of H-pyrrole nitrogens is 1. The van der Waals surface area contributed by atoms with E-state index in [1.165, 1.54) is 14.2 Å². The second kappa shape index (κ2) is 8.68. The highest BCUT2D eigenvalue weighted by molar-refractivity contribution is 5.88. The van der Waals surface area contributed by atoms with Crippen molar-refractivity contribution in [2.24, 2.45) is 0 Å². The molecule has 0 spiro atoms. The number of anilines is 1. The molecule has 1 aromatic heterocycles. The first-order chi connectivity index (χ1) is 18.0. The molecule has 4 aromatic rings. The number of hydrogen-bond acceptors (Lipinski definition) is 7. The number of rotatable bonds is 5. The summed E-state index contributed by atoms with van der Waals surface area (Å²) >= 11 is 0. The molecule has 0 saturated carbocycles. The number of aromatic hydroxyl groups is 1. The van der Waals surface area contributed by atoms with Crippen LogP contribution in [0.1, 0.15) is 34.5 Å². The molecular weight excluding hydrogens is 472 g/mol. The molecule has 2 aliphatic heterocycles. The van der Waals surface area contributed by atoms with E-state index in [4.69, 9.17) is 14.2 Å². The number of aromatic nitrogens is 1. The highest BCUT2D eigenvalue weighted by atomic mass is 16.6. The zero-order chi connectivity index (χ0) is 25.7. The lowest BCUT2D eigenvalue weighted by Gasteiger charge is -2.41. The predicted molar refractivity (Wildman–Crippen MR) is 136 cm³/mol. The minimum Gasteiger partial charge on any atom is -0.502 e. The Morgan fingerprint density at radius 3 is 2.49 bits per heavy atom. The van der Waals surface area contributed by atoms with Crippen LogP contribution < -0.4 is 14.8 Å². The highest BCUT2D eigenvalue weighted by Crippen LogP contribution is 2.50. The van der Waals surface area contributed by atoms with E-state index in [0.29, 0.717) is 11.1 Å². The molecule has 1 fully saturated rings. The summed E-state index contributed by atoms with van der Waals surface area (Å²) in [6, 6.07) is 19.7. The maximum atomic E-state index is 13.2. The van der Waals surface area contributed by atoms with Gasteiger partial charge in [-0.2, -0.15) is 5.26 Å². The average Bonchev–Trinajstić information content (AvgIpc) is 3.50. The van der Waals surface area contributed by atoms with Crippen molar-refractivity contribution in [1.82, 2.24) is 9.88 Å². The van der Waals surface area contributed by atoms with Crippen LogP contribution in [0, 0.1) is 11.3 Å². The Morgan fingerprint density at radius 1 is 1.11 bits per heavy atom. The molecule has 1 saturated heterocycles. The lowest BCUT2D eigenvalue weighted by Crippen LogP contribution is -2.47. The molecule has 9 nitrogen and oxygen atoms in total.